The highest BCUT2D eigenvalue weighted by atomic mass is 79.9. The minimum Gasteiger partial charge on any atom is -0.384 e. The summed E-state index contributed by atoms with van der Waals surface area (Å²) >= 11 is 3.62. The number of Topliss-reactive ketones (excluding diaryl/α,β-unsaturated/α-hetero) is 1. The van der Waals surface area contributed by atoms with E-state index in [1.807, 2.05) is 134 Å². The smallest absolute Gasteiger partial charge is 0.169 e. The van der Waals surface area contributed by atoms with E-state index in [0.717, 1.165) is 53.8 Å². The predicted molar refractivity (Wildman–Crippen MR) is 214 cm³/mol. The number of carbonyl (C=O) groups excluding carboxylic acids is 1. The van der Waals surface area contributed by atoms with Gasteiger partial charge in [-0.2, -0.15) is 5.26 Å². The molecular formula is C48H38BrNO2. The third kappa shape index (κ3) is 5.66. The Kier molecular flexibility index (Phi) is 8.66. The number of hydrogen-bond acceptors (Lipinski definition) is 3. The first-order valence-corrected chi connectivity index (χ1v) is 18.6. The summed E-state index contributed by atoms with van der Waals surface area (Å²) in [5.41, 5.74) is 3.05. The number of nitriles is 1. The molecule has 3 nitrogen and oxygen atoms in total. The Bertz CT molecular complexity index is 2480. The van der Waals surface area contributed by atoms with E-state index in [-0.39, 0.29) is 12.2 Å². The lowest BCUT2D eigenvalue weighted by Crippen LogP contribution is -2.58. The number of aliphatic hydroxyl groups is 1. The Morgan fingerprint density at radius 2 is 1.17 bits per heavy atom. The summed E-state index contributed by atoms with van der Waals surface area (Å²) in [7, 11) is 0. The summed E-state index contributed by atoms with van der Waals surface area (Å²) in [4.78, 5) is 15.6. The van der Waals surface area contributed by atoms with Crippen LogP contribution in [0.1, 0.15) is 62.0 Å². The van der Waals surface area contributed by atoms with Crippen LogP contribution < -0.4 is 0 Å². The highest BCUT2D eigenvalue weighted by Crippen LogP contribution is 2.64. The lowest BCUT2D eigenvalue weighted by Gasteiger charge is -2.56. The first-order valence-electron chi connectivity index (χ1n) is 17.8. The number of rotatable bonds is 6. The average Bonchev–Trinajstić information content (AvgIpc) is 3.18. The van der Waals surface area contributed by atoms with Crippen molar-refractivity contribution in [1.29, 1.82) is 5.26 Å². The number of fused-ring (bicyclic) bond motifs is 2. The number of benzene rings is 7. The highest BCUT2D eigenvalue weighted by Gasteiger charge is 2.64. The molecule has 0 bridgehead atoms. The molecule has 5 atom stereocenters. The molecule has 0 unspecified atom stereocenters. The first-order chi connectivity index (χ1) is 25.2. The van der Waals surface area contributed by atoms with E-state index in [4.69, 9.17) is 0 Å². The number of hydrogen-bond donors (Lipinski definition) is 1. The van der Waals surface area contributed by atoms with Crippen molar-refractivity contribution in [1.82, 2.24) is 0 Å². The van der Waals surface area contributed by atoms with Gasteiger partial charge in [-0.3, -0.25) is 4.79 Å². The topological polar surface area (TPSA) is 61.1 Å². The molecule has 0 spiro atoms. The molecule has 0 heterocycles. The molecule has 254 valence electrons. The van der Waals surface area contributed by atoms with Crippen LogP contribution in [-0.2, 0) is 11.0 Å². The number of ketones is 1. The van der Waals surface area contributed by atoms with Crippen molar-refractivity contribution in [3.05, 3.63) is 201 Å². The summed E-state index contributed by atoms with van der Waals surface area (Å²) in [5.74, 6) is -2.44. The van der Waals surface area contributed by atoms with E-state index in [1.54, 1.807) is 0 Å². The number of carbonyl (C=O) groups is 1. The first kappa shape index (κ1) is 33.8. The van der Waals surface area contributed by atoms with Crippen molar-refractivity contribution < 1.29 is 9.90 Å². The van der Waals surface area contributed by atoms with Crippen LogP contribution in [0.2, 0.25) is 0 Å². The van der Waals surface area contributed by atoms with Gasteiger partial charge in [-0.25, -0.2) is 0 Å². The van der Waals surface area contributed by atoms with Gasteiger partial charge in [-0.1, -0.05) is 161 Å². The van der Waals surface area contributed by atoms with Crippen molar-refractivity contribution >= 4 is 43.3 Å². The second-order valence-corrected chi connectivity index (χ2v) is 15.3. The van der Waals surface area contributed by atoms with Gasteiger partial charge in [0.25, 0.3) is 0 Å². The van der Waals surface area contributed by atoms with Crippen LogP contribution in [0.25, 0.3) is 21.5 Å². The molecule has 8 rings (SSSR count). The molecule has 1 fully saturated rings. The van der Waals surface area contributed by atoms with E-state index >= 15 is 4.79 Å². The van der Waals surface area contributed by atoms with E-state index in [0.29, 0.717) is 11.1 Å². The van der Waals surface area contributed by atoms with Crippen LogP contribution in [0.15, 0.2) is 162 Å². The molecular weight excluding hydrogens is 702 g/mol. The van der Waals surface area contributed by atoms with Gasteiger partial charge in [0.05, 0.1) is 17.4 Å². The summed E-state index contributed by atoms with van der Waals surface area (Å²) in [6, 6.07) is 55.2. The van der Waals surface area contributed by atoms with Gasteiger partial charge in [-0.05, 0) is 88.3 Å². The van der Waals surface area contributed by atoms with Crippen molar-refractivity contribution in [2.24, 2.45) is 5.92 Å². The monoisotopic (exact) mass is 739 g/mol. The zero-order chi connectivity index (χ0) is 36.0. The molecule has 0 aliphatic heterocycles. The fourth-order valence-electron chi connectivity index (χ4n) is 8.73. The molecule has 1 saturated carbocycles. The summed E-state index contributed by atoms with van der Waals surface area (Å²) in [5, 5.41) is 29.6. The van der Waals surface area contributed by atoms with Crippen molar-refractivity contribution in [3.8, 4) is 6.07 Å². The molecule has 0 saturated heterocycles. The lowest BCUT2D eigenvalue weighted by molar-refractivity contribution is -0.0737. The largest absolute Gasteiger partial charge is 0.384 e. The van der Waals surface area contributed by atoms with Crippen molar-refractivity contribution in [2.75, 3.05) is 0 Å². The molecule has 52 heavy (non-hydrogen) atoms. The quantitative estimate of drug-likeness (QED) is 0.173. The van der Waals surface area contributed by atoms with Crippen molar-refractivity contribution in [2.45, 2.75) is 43.1 Å². The number of aryl methyl sites for hydroxylation is 2. The van der Waals surface area contributed by atoms with E-state index in [2.05, 4.69) is 59.3 Å². The van der Waals surface area contributed by atoms with Gasteiger partial charge >= 0.3 is 0 Å². The summed E-state index contributed by atoms with van der Waals surface area (Å²) in [6.07, 6.45) is 0.157. The molecule has 1 aliphatic rings. The van der Waals surface area contributed by atoms with Crippen LogP contribution >= 0.6 is 15.9 Å². The minimum absolute atomic E-state index is 0.157. The molecule has 7 aromatic rings. The Hall–Kier alpha value is -5.34. The molecule has 1 N–H and O–H groups in total. The number of nitrogens with zero attached hydrogens (tertiary/aromatic N) is 1. The third-order valence-electron chi connectivity index (χ3n) is 11.4. The Morgan fingerprint density at radius 3 is 1.77 bits per heavy atom. The van der Waals surface area contributed by atoms with Gasteiger partial charge in [0.2, 0.25) is 0 Å². The van der Waals surface area contributed by atoms with Gasteiger partial charge in [0.15, 0.2) is 5.78 Å². The Balaban J connectivity index is 1.48. The second-order valence-electron chi connectivity index (χ2n) is 14.4. The fraction of sp³-hybridized carbons (Fsp3) is 0.167. The normalized spacial score (nSPS) is 22.9. The maximum Gasteiger partial charge on any atom is 0.169 e. The number of halogens is 1. The van der Waals surface area contributed by atoms with E-state index < -0.39 is 28.8 Å². The summed E-state index contributed by atoms with van der Waals surface area (Å²) < 4.78 is 0.898. The predicted octanol–water partition coefficient (Wildman–Crippen LogP) is 11.5. The zero-order valence-corrected chi connectivity index (χ0v) is 30.7. The van der Waals surface area contributed by atoms with Crippen LogP contribution in [0.5, 0.6) is 0 Å². The maximum absolute atomic E-state index is 15.6. The van der Waals surface area contributed by atoms with Gasteiger partial charge in [0.1, 0.15) is 5.60 Å². The molecule has 0 radical (unpaired) electrons. The maximum atomic E-state index is 15.6. The lowest BCUT2D eigenvalue weighted by atomic mass is 9.46. The molecule has 7 aromatic carbocycles. The zero-order valence-electron chi connectivity index (χ0n) is 29.1. The highest BCUT2D eigenvalue weighted by molar-refractivity contribution is 9.10. The van der Waals surface area contributed by atoms with Crippen LogP contribution in [0.3, 0.4) is 0 Å². The van der Waals surface area contributed by atoms with Gasteiger partial charge in [0, 0.05) is 21.9 Å². The Morgan fingerprint density at radius 1 is 0.654 bits per heavy atom. The fourth-order valence-corrected chi connectivity index (χ4v) is 8.99. The molecule has 0 aromatic heterocycles. The molecule has 4 heteroatoms. The summed E-state index contributed by atoms with van der Waals surface area (Å²) in [6.45, 7) is 4.09. The van der Waals surface area contributed by atoms with Crippen LogP contribution in [0, 0.1) is 31.1 Å². The van der Waals surface area contributed by atoms with Crippen LogP contribution in [-0.4, -0.2) is 10.9 Å². The van der Waals surface area contributed by atoms with Crippen molar-refractivity contribution in [3.63, 3.8) is 0 Å². The third-order valence-corrected chi connectivity index (χ3v) is 11.9. The van der Waals surface area contributed by atoms with E-state index in [9.17, 15) is 10.4 Å². The van der Waals surface area contributed by atoms with Crippen LogP contribution in [0.4, 0.5) is 0 Å². The molecule has 0 amide bonds. The standard InChI is InChI=1S/C48H38BrNO2/c1-31-11-15-35(16-12-31)43-29-48(52,41-22-21-34-8-4-6-10-38(34)28-41)45(46(51)39-20-19-33-7-3-5-9-37(33)27-39)44(36-17-13-32(2)14-18-36)47(43,30-50)40-23-25-42(49)26-24-40/h3-28,43-45,52H,29H2,1-2H3/t43-,44-,45+,47-,48-/m1/s1. The SMILES string of the molecule is Cc1ccc([C@H]2C[C@@](O)(c3ccc4ccccc4c3)[C@H](C(=O)c3ccc4ccccc4c3)[C@@H](c3ccc(C)cc3)[C@]2(C#N)c2ccc(Br)cc2)cc1. The second kappa shape index (κ2) is 13.3. The van der Waals surface area contributed by atoms with E-state index in [1.165, 1.54) is 0 Å². The Labute approximate surface area is 313 Å². The van der Waals surface area contributed by atoms with Gasteiger partial charge < -0.3 is 5.11 Å². The van der Waals surface area contributed by atoms with Gasteiger partial charge in [-0.15, -0.1) is 0 Å². The average molecular weight is 741 g/mol. The molecule has 1 aliphatic carbocycles. The minimum atomic E-state index is -1.66.